The van der Waals surface area contributed by atoms with Crippen LogP contribution >= 0.6 is 11.3 Å². The lowest BCUT2D eigenvalue weighted by atomic mass is 9.99. The molecule has 4 nitrogen and oxygen atoms in total. The molecule has 1 fully saturated rings. The van der Waals surface area contributed by atoms with Gasteiger partial charge in [-0.2, -0.15) is 0 Å². The number of hydrogen-bond acceptors (Lipinski definition) is 5. The number of allylic oxidation sites excluding steroid dienone is 3. The van der Waals surface area contributed by atoms with Crippen LogP contribution in [0.4, 0.5) is 4.39 Å². The molecule has 2 aliphatic rings. The van der Waals surface area contributed by atoms with E-state index in [1.165, 1.54) is 0 Å². The fourth-order valence-corrected chi connectivity index (χ4v) is 4.62. The molecule has 0 saturated carbocycles. The summed E-state index contributed by atoms with van der Waals surface area (Å²) in [6.45, 7) is 7.94. The van der Waals surface area contributed by atoms with Gasteiger partial charge in [-0.3, -0.25) is 4.99 Å². The van der Waals surface area contributed by atoms with E-state index in [0.29, 0.717) is 11.4 Å². The number of dihydropyridines is 1. The van der Waals surface area contributed by atoms with E-state index >= 15 is 0 Å². The highest BCUT2D eigenvalue weighted by Gasteiger charge is 2.21. The Labute approximate surface area is 170 Å². The first-order valence-electron chi connectivity index (χ1n) is 9.91. The number of piperidine rings is 1. The molecule has 0 bridgehead atoms. The predicted molar refractivity (Wildman–Crippen MR) is 119 cm³/mol. The molecular formula is C22H27FN4S. The molecule has 2 aliphatic heterocycles. The van der Waals surface area contributed by atoms with Crippen LogP contribution in [-0.4, -0.2) is 36.5 Å². The fourth-order valence-electron chi connectivity index (χ4n) is 3.43. The van der Waals surface area contributed by atoms with Gasteiger partial charge >= 0.3 is 0 Å². The van der Waals surface area contributed by atoms with Crippen molar-refractivity contribution in [1.29, 1.82) is 0 Å². The van der Waals surface area contributed by atoms with Crippen LogP contribution in [0.25, 0.3) is 10.2 Å². The monoisotopic (exact) mass is 398 g/mol. The van der Waals surface area contributed by atoms with Gasteiger partial charge in [0.15, 0.2) is 5.82 Å². The van der Waals surface area contributed by atoms with Gasteiger partial charge in [-0.25, -0.2) is 14.4 Å². The lowest BCUT2D eigenvalue weighted by molar-refractivity contribution is 0.459. The number of nitrogens with one attached hydrogen (secondary N) is 1. The van der Waals surface area contributed by atoms with Gasteiger partial charge in [0.25, 0.3) is 0 Å². The summed E-state index contributed by atoms with van der Waals surface area (Å²) in [6, 6.07) is 3.55. The maximum atomic E-state index is 14.7. The summed E-state index contributed by atoms with van der Waals surface area (Å²) in [7, 11) is 1.75. The number of rotatable bonds is 2. The predicted octanol–water partition coefficient (Wildman–Crippen LogP) is 5.26. The molecule has 1 aromatic heterocycles. The summed E-state index contributed by atoms with van der Waals surface area (Å²) >= 11 is 1.61. The molecular weight excluding hydrogens is 371 g/mol. The fraction of sp³-hybridized carbons (Fsp3) is 0.409. The number of thiazole rings is 1. The third-order valence-corrected chi connectivity index (χ3v) is 6.03. The molecule has 0 atom stereocenters. The first-order valence-corrected chi connectivity index (χ1v) is 10.7. The SMILES string of the molecule is C/C=C1/N=C(c2cc(F)c3nc(C4CCNCC4)sc3c2)C=CC1=NC.CC. The molecule has 1 saturated heterocycles. The Hall–Kier alpha value is -2.18. The molecule has 1 aromatic carbocycles. The van der Waals surface area contributed by atoms with E-state index in [2.05, 4.69) is 20.3 Å². The van der Waals surface area contributed by atoms with Gasteiger partial charge in [-0.1, -0.05) is 19.9 Å². The topological polar surface area (TPSA) is 49.6 Å². The zero-order valence-corrected chi connectivity index (χ0v) is 17.7. The zero-order valence-electron chi connectivity index (χ0n) is 16.9. The van der Waals surface area contributed by atoms with Crippen LogP contribution in [0.1, 0.15) is 50.1 Å². The summed E-state index contributed by atoms with van der Waals surface area (Å²) in [6.07, 6.45) is 7.86. The van der Waals surface area contributed by atoms with Crippen LogP contribution < -0.4 is 5.32 Å². The highest BCUT2D eigenvalue weighted by Crippen LogP contribution is 2.34. The average molecular weight is 399 g/mol. The smallest absolute Gasteiger partial charge is 0.150 e. The summed E-state index contributed by atoms with van der Waals surface area (Å²) in [5, 5.41) is 4.41. The lowest BCUT2D eigenvalue weighted by Crippen LogP contribution is -2.26. The van der Waals surface area contributed by atoms with E-state index < -0.39 is 0 Å². The molecule has 0 spiro atoms. The molecule has 6 heteroatoms. The van der Waals surface area contributed by atoms with E-state index in [-0.39, 0.29) is 5.82 Å². The first-order chi connectivity index (χ1) is 13.7. The highest BCUT2D eigenvalue weighted by molar-refractivity contribution is 7.18. The number of nitrogens with zero attached hydrogens (tertiary/aromatic N) is 3. The summed E-state index contributed by atoms with van der Waals surface area (Å²) in [5.74, 6) is 0.156. The van der Waals surface area contributed by atoms with Crippen molar-refractivity contribution in [3.05, 3.63) is 52.4 Å². The Morgan fingerprint density at radius 2 is 1.96 bits per heavy atom. The molecule has 28 heavy (non-hydrogen) atoms. The van der Waals surface area contributed by atoms with Crippen LogP contribution in [0, 0.1) is 5.82 Å². The van der Waals surface area contributed by atoms with Gasteiger partial charge in [-0.05, 0) is 57.1 Å². The molecule has 0 amide bonds. The Kier molecular flexibility index (Phi) is 6.86. The molecule has 4 rings (SSSR count). The summed E-state index contributed by atoms with van der Waals surface area (Å²) < 4.78 is 15.6. The second-order valence-corrected chi connectivity index (χ2v) is 7.56. The van der Waals surface area contributed by atoms with E-state index in [1.54, 1.807) is 24.5 Å². The minimum atomic E-state index is -0.276. The number of hydrogen-bond donors (Lipinski definition) is 1. The van der Waals surface area contributed by atoms with Crippen molar-refractivity contribution in [2.45, 2.75) is 39.5 Å². The van der Waals surface area contributed by atoms with Crippen LogP contribution in [0.15, 0.2) is 46.0 Å². The molecule has 0 aliphatic carbocycles. The van der Waals surface area contributed by atoms with Crippen molar-refractivity contribution >= 4 is 33.0 Å². The van der Waals surface area contributed by atoms with E-state index in [4.69, 9.17) is 0 Å². The van der Waals surface area contributed by atoms with Crippen LogP contribution in [0.3, 0.4) is 0 Å². The van der Waals surface area contributed by atoms with Gasteiger partial charge in [-0.15, -0.1) is 11.3 Å². The van der Waals surface area contributed by atoms with Crippen LogP contribution in [0.2, 0.25) is 0 Å². The van der Waals surface area contributed by atoms with Crippen molar-refractivity contribution in [3.8, 4) is 0 Å². The third-order valence-electron chi connectivity index (χ3n) is 4.87. The molecule has 3 heterocycles. The Morgan fingerprint density at radius 1 is 1.21 bits per heavy atom. The number of fused-ring (bicyclic) bond motifs is 1. The molecule has 2 aromatic rings. The van der Waals surface area contributed by atoms with Crippen molar-refractivity contribution in [1.82, 2.24) is 10.3 Å². The van der Waals surface area contributed by atoms with Crippen LogP contribution in [-0.2, 0) is 0 Å². The second-order valence-electron chi connectivity index (χ2n) is 6.49. The van der Waals surface area contributed by atoms with Crippen molar-refractivity contribution in [3.63, 3.8) is 0 Å². The van der Waals surface area contributed by atoms with Crippen molar-refractivity contribution < 1.29 is 4.39 Å². The largest absolute Gasteiger partial charge is 0.317 e. The highest BCUT2D eigenvalue weighted by atomic mass is 32.1. The lowest BCUT2D eigenvalue weighted by Gasteiger charge is -2.20. The van der Waals surface area contributed by atoms with Crippen LogP contribution in [0.5, 0.6) is 0 Å². The maximum absolute atomic E-state index is 14.7. The number of halogens is 1. The molecule has 0 unspecified atom stereocenters. The van der Waals surface area contributed by atoms with Gasteiger partial charge in [0, 0.05) is 18.5 Å². The van der Waals surface area contributed by atoms with Crippen molar-refractivity contribution in [2.24, 2.45) is 9.98 Å². The van der Waals surface area contributed by atoms with Gasteiger partial charge in [0.05, 0.1) is 26.8 Å². The Balaban J connectivity index is 0.00000109. The quantitative estimate of drug-likeness (QED) is 0.750. The minimum absolute atomic E-state index is 0.276. The van der Waals surface area contributed by atoms with Gasteiger partial charge in [0.2, 0.25) is 0 Å². The Bertz CT molecular complexity index is 962. The molecule has 148 valence electrons. The van der Waals surface area contributed by atoms with E-state index in [9.17, 15) is 4.39 Å². The zero-order chi connectivity index (χ0) is 20.1. The van der Waals surface area contributed by atoms with Gasteiger partial charge < -0.3 is 5.32 Å². The third kappa shape index (κ3) is 4.13. The minimum Gasteiger partial charge on any atom is -0.317 e. The summed E-state index contributed by atoms with van der Waals surface area (Å²) in [5.41, 5.74) is 3.66. The van der Waals surface area contributed by atoms with E-state index in [1.807, 2.05) is 45.1 Å². The maximum Gasteiger partial charge on any atom is 0.150 e. The van der Waals surface area contributed by atoms with E-state index in [0.717, 1.165) is 58.3 Å². The Morgan fingerprint density at radius 3 is 2.64 bits per heavy atom. The molecule has 1 N–H and O–H groups in total. The number of benzene rings is 1. The first kappa shape index (κ1) is 20.6. The van der Waals surface area contributed by atoms with Gasteiger partial charge in [0.1, 0.15) is 5.52 Å². The summed E-state index contributed by atoms with van der Waals surface area (Å²) in [4.78, 5) is 13.5. The second kappa shape index (κ2) is 9.34. The normalized spacial score (nSPS) is 20.4. The average Bonchev–Trinajstić information content (AvgIpc) is 3.20. The standard InChI is InChI=1S/C20H21FN4S.C2H6/c1-3-15-17(22-2)5-4-16(24-15)13-10-14(21)19-18(11-13)26-20(25-19)12-6-8-23-9-7-12;1-2/h3-5,10-12,23H,6-9H2,1-2H3;1-2H3/b15-3+,22-17?;. The molecule has 0 radical (unpaired) electrons. The van der Waals surface area contributed by atoms with Crippen molar-refractivity contribution in [2.75, 3.05) is 20.1 Å². The number of aromatic nitrogens is 1. The number of aliphatic imine (C=N–C) groups is 2.